The molecule has 1 aromatic rings. The molecular weight excluding hydrogens is 516 g/mol. The summed E-state index contributed by atoms with van der Waals surface area (Å²) in [5, 5.41) is 0. The molecule has 0 heterocycles. The van der Waals surface area contributed by atoms with Crippen molar-refractivity contribution in [1.29, 1.82) is 0 Å². The monoisotopic (exact) mass is 558 g/mol. The van der Waals surface area contributed by atoms with E-state index in [9.17, 15) is 14.4 Å². The predicted molar refractivity (Wildman–Crippen MR) is 153 cm³/mol. The molecule has 0 atom stereocenters. The highest BCUT2D eigenvalue weighted by atomic mass is 32.2. The average molecular weight is 559 g/mol. The topological polar surface area (TPSA) is 78.9 Å². The zero-order valence-electron chi connectivity index (χ0n) is 22.7. The van der Waals surface area contributed by atoms with Crippen LogP contribution in [0.4, 0.5) is 0 Å². The van der Waals surface area contributed by atoms with Crippen LogP contribution in [0.3, 0.4) is 0 Å². The van der Waals surface area contributed by atoms with E-state index >= 15 is 0 Å². The summed E-state index contributed by atoms with van der Waals surface area (Å²) in [7, 11) is 4.28. The summed E-state index contributed by atoms with van der Waals surface area (Å²) in [6, 6.07) is 0. The third-order valence-corrected chi connectivity index (χ3v) is 8.98. The van der Waals surface area contributed by atoms with Crippen LogP contribution in [-0.4, -0.2) is 56.5 Å². The van der Waals surface area contributed by atoms with E-state index in [1.807, 2.05) is 0 Å². The van der Waals surface area contributed by atoms with Crippen LogP contribution in [-0.2, 0) is 65.1 Å². The quantitative estimate of drug-likeness (QED) is 0.127. The van der Waals surface area contributed by atoms with E-state index in [4.69, 9.17) is 14.2 Å². The van der Waals surface area contributed by atoms with Gasteiger partial charge in [-0.25, -0.2) is 0 Å². The van der Waals surface area contributed by atoms with Crippen LogP contribution >= 0.6 is 35.3 Å². The van der Waals surface area contributed by atoms with E-state index in [0.29, 0.717) is 19.3 Å². The van der Waals surface area contributed by atoms with Gasteiger partial charge in [-0.3, -0.25) is 14.4 Å². The van der Waals surface area contributed by atoms with E-state index in [0.717, 1.165) is 53.8 Å². The molecule has 0 aliphatic heterocycles. The van der Waals surface area contributed by atoms with Gasteiger partial charge in [0.2, 0.25) is 0 Å². The number of thioether (sulfide) groups is 3. The van der Waals surface area contributed by atoms with Crippen molar-refractivity contribution in [3.8, 4) is 0 Å². The molecule has 0 radical (unpaired) electrons. The summed E-state index contributed by atoms with van der Waals surface area (Å²) >= 11 is 5.32. The molecule has 36 heavy (non-hydrogen) atoms. The van der Waals surface area contributed by atoms with Gasteiger partial charge in [-0.05, 0) is 52.6 Å². The highest BCUT2D eigenvalue weighted by Gasteiger charge is 2.21. The number of ether oxygens (including phenoxy) is 3. The van der Waals surface area contributed by atoms with Crippen molar-refractivity contribution in [3.63, 3.8) is 0 Å². The smallest absolute Gasteiger partial charge is 0.306 e. The largest absolute Gasteiger partial charge is 0.469 e. The number of esters is 3. The summed E-state index contributed by atoms with van der Waals surface area (Å²) < 4.78 is 14.4. The number of rotatable bonds is 18. The van der Waals surface area contributed by atoms with E-state index in [-0.39, 0.29) is 17.9 Å². The van der Waals surface area contributed by atoms with Gasteiger partial charge in [-0.15, -0.1) is 0 Å². The van der Waals surface area contributed by atoms with Crippen molar-refractivity contribution < 1.29 is 28.6 Å². The Balaban J connectivity index is 3.31. The van der Waals surface area contributed by atoms with E-state index in [2.05, 4.69) is 20.8 Å². The van der Waals surface area contributed by atoms with Crippen molar-refractivity contribution in [2.45, 2.75) is 76.6 Å². The van der Waals surface area contributed by atoms with Crippen molar-refractivity contribution in [2.75, 3.05) is 38.6 Å². The molecule has 204 valence electrons. The van der Waals surface area contributed by atoms with Gasteiger partial charge in [0, 0.05) is 34.5 Å². The predicted octanol–water partition coefficient (Wildman–Crippen LogP) is 5.76. The molecule has 6 nitrogen and oxygen atoms in total. The van der Waals surface area contributed by atoms with Crippen LogP contribution in [0.25, 0.3) is 0 Å². The second-order valence-corrected chi connectivity index (χ2v) is 11.4. The second-order valence-electron chi connectivity index (χ2n) is 8.07. The van der Waals surface area contributed by atoms with Gasteiger partial charge in [0.15, 0.2) is 0 Å². The van der Waals surface area contributed by atoms with E-state index in [1.54, 1.807) is 35.3 Å². The molecule has 0 saturated heterocycles. The van der Waals surface area contributed by atoms with Crippen molar-refractivity contribution >= 4 is 53.2 Å². The highest BCUT2D eigenvalue weighted by Crippen LogP contribution is 2.36. The molecule has 0 N–H and O–H groups in total. The molecule has 0 aliphatic carbocycles. The van der Waals surface area contributed by atoms with Crippen LogP contribution in [0.2, 0.25) is 0 Å². The summed E-state index contributed by atoms with van der Waals surface area (Å²) in [5.41, 5.74) is 8.38. The maximum absolute atomic E-state index is 11.6. The average Bonchev–Trinajstić information content (AvgIpc) is 2.90. The maximum Gasteiger partial charge on any atom is 0.306 e. The molecule has 1 rings (SSSR count). The van der Waals surface area contributed by atoms with Crippen LogP contribution in [0.1, 0.15) is 73.4 Å². The number of hydrogen-bond donors (Lipinski definition) is 0. The summed E-state index contributed by atoms with van der Waals surface area (Å²) in [6.07, 6.45) is 4.04. The van der Waals surface area contributed by atoms with Crippen LogP contribution in [0.5, 0.6) is 0 Å². The third-order valence-electron chi connectivity index (χ3n) is 6.02. The van der Waals surface area contributed by atoms with Crippen LogP contribution < -0.4 is 0 Å². The fraction of sp³-hybridized carbons (Fsp3) is 0.667. The normalized spacial score (nSPS) is 10.8. The van der Waals surface area contributed by atoms with Gasteiger partial charge in [-0.1, -0.05) is 20.8 Å². The Hall–Kier alpha value is -1.32. The molecule has 0 fully saturated rings. The molecule has 0 unspecified atom stereocenters. The number of hydrogen-bond acceptors (Lipinski definition) is 9. The van der Waals surface area contributed by atoms with Gasteiger partial charge in [-0.2, -0.15) is 35.3 Å². The minimum absolute atomic E-state index is 0.180. The lowest BCUT2D eigenvalue weighted by Gasteiger charge is -2.26. The van der Waals surface area contributed by atoms with Gasteiger partial charge in [0.25, 0.3) is 0 Å². The molecule has 0 bridgehead atoms. The molecule has 9 heteroatoms. The van der Waals surface area contributed by atoms with Gasteiger partial charge >= 0.3 is 17.9 Å². The SMILES string of the molecule is CCc1c(CSCCC(=O)OC)c(CC)c(CSCCC(=O)OC)c(CC)c1CSCCC(=O)OC. The fourth-order valence-corrected chi connectivity index (χ4v) is 7.22. The number of carbonyl (C=O) groups is 3. The van der Waals surface area contributed by atoms with Gasteiger partial charge < -0.3 is 14.2 Å². The first-order valence-corrected chi connectivity index (χ1v) is 15.9. The lowest BCUT2D eigenvalue weighted by atomic mass is 9.85. The standard InChI is InChI=1S/C27H42O6S3/c1-7-19-22(16-34-13-10-25(28)31-4)20(8-2)24(18-36-15-12-27(30)33-6)21(9-3)23(19)17-35-14-11-26(29)32-5/h7-18H2,1-6H3. The number of methoxy groups -OCH3 is 3. The Morgan fingerprint density at radius 2 is 0.750 bits per heavy atom. The minimum Gasteiger partial charge on any atom is -0.469 e. The molecular formula is C27H42O6S3. The summed E-state index contributed by atoms with van der Waals surface area (Å²) in [6.45, 7) is 6.64. The van der Waals surface area contributed by atoms with Gasteiger partial charge in [0.1, 0.15) is 0 Å². The first-order valence-electron chi connectivity index (χ1n) is 12.5. The first-order chi connectivity index (χ1) is 17.4. The fourth-order valence-electron chi connectivity index (χ4n) is 4.19. The lowest BCUT2D eigenvalue weighted by Crippen LogP contribution is -2.13. The first kappa shape index (κ1) is 32.7. The lowest BCUT2D eigenvalue weighted by molar-refractivity contribution is -0.141. The van der Waals surface area contributed by atoms with E-state index < -0.39 is 0 Å². The van der Waals surface area contributed by atoms with Crippen LogP contribution in [0, 0.1) is 0 Å². The van der Waals surface area contributed by atoms with Gasteiger partial charge in [0.05, 0.1) is 40.6 Å². The summed E-state index contributed by atoms with van der Waals surface area (Å²) in [5.74, 6) is 4.19. The molecule has 0 aliphatic rings. The molecule has 0 spiro atoms. The second kappa shape index (κ2) is 18.9. The van der Waals surface area contributed by atoms with Crippen LogP contribution in [0.15, 0.2) is 0 Å². The highest BCUT2D eigenvalue weighted by molar-refractivity contribution is 7.99. The minimum atomic E-state index is -0.180. The Labute approximate surface area is 229 Å². The third kappa shape index (κ3) is 10.6. The molecule has 1 aromatic carbocycles. The summed E-state index contributed by atoms with van der Waals surface area (Å²) in [4.78, 5) is 34.8. The number of carbonyl (C=O) groups excluding carboxylic acids is 3. The molecule has 0 aromatic heterocycles. The Morgan fingerprint density at radius 3 is 0.944 bits per heavy atom. The van der Waals surface area contributed by atoms with Crippen molar-refractivity contribution in [2.24, 2.45) is 0 Å². The zero-order valence-corrected chi connectivity index (χ0v) is 25.1. The zero-order chi connectivity index (χ0) is 26.9. The Kier molecular flexibility index (Phi) is 17.1. The van der Waals surface area contributed by atoms with Crippen molar-refractivity contribution in [3.05, 3.63) is 33.4 Å². The van der Waals surface area contributed by atoms with E-state index in [1.165, 1.54) is 54.7 Å². The number of benzene rings is 1. The van der Waals surface area contributed by atoms with Crippen molar-refractivity contribution in [1.82, 2.24) is 0 Å². The molecule has 0 saturated carbocycles. The maximum atomic E-state index is 11.6. The Morgan fingerprint density at radius 1 is 0.500 bits per heavy atom. The molecule has 0 amide bonds. The Bertz CT molecular complexity index is 726.